The van der Waals surface area contributed by atoms with Crippen LogP contribution in [-0.2, 0) is 14.8 Å². The Bertz CT molecular complexity index is 706. The maximum absolute atomic E-state index is 12.6. The number of carboxylic acid groups (broad SMARTS) is 1. The lowest BCUT2D eigenvalue weighted by molar-refractivity contribution is -0.136. The zero-order valence-corrected chi connectivity index (χ0v) is 14.6. The molecule has 1 fully saturated rings. The number of carbonyl (C=O) groups is 2. The van der Waals surface area contributed by atoms with E-state index in [2.05, 4.69) is 0 Å². The molecular formula is C16H22N2O5S. The molecule has 0 saturated carbocycles. The zero-order chi connectivity index (χ0) is 17.9. The molecule has 24 heavy (non-hydrogen) atoms. The molecule has 1 aromatic rings. The van der Waals surface area contributed by atoms with E-state index in [9.17, 15) is 18.0 Å². The molecule has 0 radical (unpaired) electrons. The van der Waals surface area contributed by atoms with Crippen molar-refractivity contribution in [2.45, 2.75) is 25.2 Å². The van der Waals surface area contributed by atoms with Crippen molar-refractivity contribution >= 4 is 21.9 Å². The molecule has 1 atom stereocenters. The molecule has 1 saturated heterocycles. The Morgan fingerprint density at radius 2 is 1.67 bits per heavy atom. The fourth-order valence-electron chi connectivity index (χ4n) is 2.55. The highest BCUT2D eigenvalue weighted by Gasteiger charge is 2.31. The maximum Gasteiger partial charge on any atom is 0.335 e. The first-order valence-electron chi connectivity index (χ1n) is 7.89. The topological polar surface area (TPSA) is 95.0 Å². The largest absolute Gasteiger partial charge is 0.478 e. The van der Waals surface area contributed by atoms with Gasteiger partial charge in [-0.2, -0.15) is 4.31 Å². The molecule has 1 heterocycles. The number of carbonyl (C=O) groups excluding carboxylic acids is 1. The highest BCUT2D eigenvalue weighted by molar-refractivity contribution is 7.89. The van der Waals surface area contributed by atoms with Crippen molar-refractivity contribution in [1.29, 1.82) is 0 Å². The van der Waals surface area contributed by atoms with Crippen LogP contribution in [0.25, 0.3) is 0 Å². The van der Waals surface area contributed by atoms with E-state index in [1.165, 1.54) is 28.6 Å². The third kappa shape index (κ3) is 3.76. The fourth-order valence-corrected chi connectivity index (χ4v) is 3.98. The summed E-state index contributed by atoms with van der Waals surface area (Å²) in [5.41, 5.74) is 0.0397. The van der Waals surface area contributed by atoms with Gasteiger partial charge in [0.15, 0.2) is 0 Å². The van der Waals surface area contributed by atoms with Crippen LogP contribution in [-0.4, -0.2) is 60.8 Å². The van der Waals surface area contributed by atoms with Gasteiger partial charge in [-0.05, 0) is 30.7 Å². The molecule has 1 aliphatic rings. The lowest BCUT2D eigenvalue weighted by Gasteiger charge is -2.35. The van der Waals surface area contributed by atoms with Crippen molar-refractivity contribution in [2.75, 3.05) is 26.2 Å². The average Bonchev–Trinajstić information content (AvgIpc) is 2.60. The number of sulfonamides is 1. The minimum Gasteiger partial charge on any atom is -0.478 e. The van der Waals surface area contributed by atoms with Gasteiger partial charge in [0.1, 0.15) is 0 Å². The summed E-state index contributed by atoms with van der Waals surface area (Å²) in [6.07, 6.45) is 0.757. The van der Waals surface area contributed by atoms with E-state index in [1.807, 2.05) is 13.8 Å². The molecule has 7 nitrogen and oxygen atoms in total. The van der Waals surface area contributed by atoms with E-state index >= 15 is 0 Å². The number of aromatic carboxylic acids is 1. The molecule has 1 aliphatic heterocycles. The van der Waals surface area contributed by atoms with Crippen molar-refractivity contribution in [3.63, 3.8) is 0 Å². The fraction of sp³-hybridized carbons (Fsp3) is 0.500. The molecule has 8 heteroatoms. The van der Waals surface area contributed by atoms with Crippen molar-refractivity contribution in [3.8, 4) is 0 Å². The van der Waals surface area contributed by atoms with E-state index in [1.54, 1.807) is 4.90 Å². The summed E-state index contributed by atoms with van der Waals surface area (Å²) in [7, 11) is -3.68. The SMILES string of the molecule is CCC(C)C(=O)N1CCN(S(=O)(=O)c2ccc(C(=O)O)cc2)CC1. The Morgan fingerprint density at radius 3 is 2.12 bits per heavy atom. The minimum absolute atomic E-state index is 0.0397. The predicted octanol–water partition coefficient (Wildman–Crippen LogP) is 1.26. The molecule has 2 rings (SSSR count). The van der Waals surface area contributed by atoms with Gasteiger partial charge in [-0.15, -0.1) is 0 Å². The number of rotatable bonds is 5. The predicted molar refractivity (Wildman–Crippen MR) is 88.2 cm³/mol. The first kappa shape index (κ1) is 18.4. The smallest absolute Gasteiger partial charge is 0.335 e. The number of hydrogen-bond acceptors (Lipinski definition) is 4. The number of benzene rings is 1. The van der Waals surface area contributed by atoms with Crippen LogP contribution >= 0.6 is 0 Å². The van der Waals surface area contributed by atoms with Crippen LogP contribution in [0.5, 0.6) is 0 Å². The van der Waals surface area contributed by atoms with Gasteiger partial charge < -0.3 is 10.0 Å². The van der Waals surface area contributed by atoms with Gasteiger partial charge >= 0.3 is 5.97 Å². The third-order valence-electron chi connectivity index (χ3n) is 4.32. The second-order valence-electron chi connectivity index (χ2n) is 5.87. The molecule has 1 unspecified atom stereocenters. The Balaban J connectivity index is 2.07. The second kappa shape index (κ2) is 7.31. The Morgan fingerprint density at radius 1 is 1.12 bits per heavy atom. The molecule has 132 valence electrons. The van der Waals surface area contributed by atoms with Crippen LogP contribution in [0.3, 0.4) is 0 Å². The molecule has 0 aliphatic carbocycles. The lowest BCUT2D eigenvalue weighted by atomic mass is 10.1. The molecule has 0 aromatic heterocycles. The second-order valence-corrected chi connectivity index (χ2v) is 7.81. The first-order valence-corrected chi connectivity index (χ1v) is 9.33. The van der Waals surface area contributed by atoms with Gasteiger partial charge in [-0.1, -0.05) is 13.8 Å². The van der Waals surface area contributed by atoms with Crippen LogP contribution in [0.15, 0.2) is 29.2 Å². The van der Waals surface area contributed by atoms with Gasteiger partial charge in [0.2, 0.25) is 15.9 Å². The molecule has 1 amide bonds. The summed E-state index contributed by atoms with van der Waals surface area (Å²) in [5.74, 6) is -1.10. The summed E-state index contributed by atoms with van der Waals surface area (Å²) in [4.78, 5) is 24.8. The highest BCUT2D eigenvalue weighted by atomic mass is 32.2. The van der Waals surface area contributed by atoms with Crippen LogP contribution < -0.4 is 0 Å². The monoisotopic (exact) mass is 354 g/mol. The minimum atomic E-state index is -3.68. The highest BCUT2D eigenvalue weighted by Crippen LogP contribution is 2.19. The zero-order valence-electron chi connectivity index (χ0n) is 13.8. The van der Waals surface area contributed by atoms with Crippen molar-refractivity contribution < 1.29 is 23.1 Å². The maximum atomic E-state index is 12.6. The van der Waals surface area contributed by atoms with Gasteiger partial charge in [-0.25, -0.2) is 13.2 Å². The molecule has 0 spiro atoms. The van der Waals surface area contributed by atoms with Crippen LogP contribution in [0.4, 0.5) is 0 Å². The first-order chi connectivity index (χ1) is 11.3. The summed E-state index contributed by atoms with van der Waals surface area (Å²) in [6.45, 7) is 5.04. The summed E-state index contributed by atoms with van der Waals surface area (Å²) in [6, 6.07) is 5.15. The van der Waals surface area contributed by atoms with Crippen molar-refractivity contribution in [3.05, 3.63) is 29.8 Å². The van der Waals surface area contributed by atoms with Gasteiger partial charge in [0, 0.05) is 32.1 Å². The summed E-state index contributed by atoms with van der Waals surface area (Å²) in [5, 5.41) is 8.88. The van der Waals surface area contributed by atoms with Crippen LogP contribution in [0.1, 0.15) is 30.6 Å². The number of nitrogens with zero attached hydrogens (tertiary/aromatic N) is 2. The molecule has 1 aromatic carbocycles. The van der Waals surface area contributed by atoms with Crippen LogP contribution in [0.2, 0.25) is 0 Å². The molecule has 1 N–H and O–H groups in total. The van der Waals surface area contributed by atoms with E-state index in [-0.39, 0.29) is 35.4 Å². The summed E-state index contributed by atoms with van der Waals surface area (Å²) >= 11 is 0. The standard InChI is InChI=1S/C16H22N2O5S/c1-3-12(2)15(19)17-8-10-18(11-9-17)24(22,23)14-6-4-13(5-7-14)16(20)21/h4-7,12H,3,8-11H2,1-2H3,(H,20,21). The quantitative estimate of drug-likeness (QED) is 0.859. The number of amides is 1. The van der Waals surface area contributed by atoms with E-state index in [4.69, 9.17) is 5.11 Å². The molecule has 0 bridgehead atoms. The number of piperazine rings is 1. The normalized spacial score (nSPS) is 17.5. The van der Waals surface area contributed by atoms with Crippen molar-refractivity contribution in [1.82, 2.24) is 9.21 Å². The van der Waals surface area contributed by atoms with E-state index in [0.717, 1.165) is 6.42 Å². The summed E-state index contributed by atoms with van der Waals surface area (Å²) < 4.78 is 26.6. The van der Waals surface area contributed by atoms with Gasteiger partial charge in [-0.3, -0.25) is 4.79 Å². The Hall–Kier alpha value is -1.93. The Labute approximate surface area is 141 Å². The van der Waals surface area contributed by atoms with Gasteiger partial charge in [0.05, 0.1) is 10.5 Å². The third-order valence-corrected chi connectivity index (χ3v) is 6.24. The number of carboxylic acids is 1. The van der Waals surface area contributed by atoms with E-state index < -0.39 is 16.0 Å². The average molecular weight is 354 g/mol. The Kier molecular flexibility index (Phi) is 5.61. The lowest BCUT2D eigenvalue weighted by Crippen LogP contribution is -2.51. The van der Waals surface area contributed by atoms with Crippen LogP contribution in [0, 0.1) is 5.92 Å². The van der Waals surface area contributed by atoms with E-state index in [0.29, 0.717) is 13.1 Å². The molecular weight excluding hydrogens is 332 g/mol. The van der Waals surface area contributed by atoms with Crippen molar-refractivity contribution in [2.24, 2.45) is 5.92 Å². The van der Waals surface area contributed by atoms with Gasteiger partial charge in [0.25, 0.3) is 0 Å². The number of hydrogen-bond donors (Lipinski definition) is 1.